The highest BCUT2D eigenvalue weighted by Crippen LogP contribution is 2.49. The molecule has 1 heterocycles. The molecule has 0 radical (unpaired) electrons. The quantitative estimate of drug-likeness (QED) is 0.550. The summed E-state index contributed by atoms with van der Waals surface area (Å²) < 4.78 is 0. The molecule has 1 aliphatic carbocycles. The van der Waals surface area contributed by atoms with Gasteiger partial charge < -0.3 is 0 Å². The zero-order chi connectivity index (χ0) is 20.9. The van der Waals surface area contributed by atoms with Crippen LogP contribution in [0.25, 0.3) is 0 Å². The summed E-state index contributed by atoms with van der Waals surface area (Å²) in [6.07, 6.45) is 1.33. The standard InChI is InChI=1S/C24H23Cl2NO2/c1-14-6-4-5-7-19(14)27-20-12-24(2,3)13-21(28)23(20)17(11-22(27)29)16-9-8-15(25)10-18(16)26/h4-10,17H,11-13H2,1-3H3. The highest BCUT2D eigenvalue weighted by molar-refractivity contribution is 6.35. The molecule has 5 heteroatoms. The zero-order valence-corrected chi connectivity index (χ0v) is 18.3. The topological polar surface area (TPSA) is 37.4 Å². The highest BCUT2D eigenvalue weighted by atomic mass is 35.5. The summed E-state index contributed by atoms with van der Waals surface area (Å²) in [5.41, 5.74) is 3.96. The maximum absolute atomic E-state index is 13.4. The van der Waals surface area contributed by atoms with Crippen molar-refractivity contribution in [2.45, 2.75) is 46.0 Å². The van der Waals surface area contributed by atoms with Crippen molar-refractivity contribution in [2.24, 2.45) is 5.41 Å². The van der Waals surface area contributed by atoms with Gasteiger partial charge >= 0.3 is 0 Å². The first-order valence-electron chi connectivity index (χ1n) is 9.78. The first-order chi connectivity index (χ1) is 13.7. The molecule has 0 saturated heterocycles. The van der Waals surface area contributed by atoms with Crippen LogP contribution in [0, 0.1) is 12.3 Å². The lowest BCUT2D eigenvalue weighted by atomic mass is 9.69. The molecule has 1 aliphatic heterocycles. The molecular formula is C24H23Cl2NO2. The fourth-order valence-electron chi connectivity index (χ4n) is 4.56. The Bertz CT molecular complexity index is 1050. The van der Waals surface area contributed by atoms with Crippen molar-refractivity contribution in [3.8, 4) is 0 Å². The van der Waals surface area contributed by atoms with Crippen LogP contribution in [0.1, 0.15) is 50.2 Å². The Kier molecular flexibility index (Phi) is 5.08. The van der Waals surface area contributed by atoms with E-state index in [0.717, 1.165) is 28.1 Å². The minimum atomic E-state index is -0.342. The Morgan fingerprint density at radius 3 is 2.45 bits per heavy atom. The monoisotopic (exact) mass is 427 g/mol. The predicted molar refractivity (Wildman–Crippen MR) is 118 cm³/mol. The third kappa shape index (κ3) is 3.62. The van der Waals surface area contributed by atoms with Crippen molar-refractivity contribution in [1.29, 1.82) is 0 Å². The van der Waals surface area contributed by atoms with E-state index in [0.29, 0.717) is 22.9 Å². The number of carbonyl (C=O) groups is 2. The van der Waals surface area contributed by atoms with E-state index < -0.39 is 0 Å². The number of anilines is 1. The summed E-state index contributed by atoms with van der Waals surface area (Å²) in [5, 5.41) is 1.02. The van der Waals surface area contributed by atoms with Gasteiger partial charge in [0.25, 0.3) is 0 Å². The van der Waals surface area contributed by atoms with Crippen LogP contribution in [-0.4, -0.2) is 11.7 Å². The Labute approximate surface area is 181 Å². The van der Waals surface area contributed by atoms with Crippen molar-refractivity contribution < 1.29 is 9.59 Å². The number of ketones is 1. The lowest BCUT2D eigenvalue weighted by Crippen LogP contribution is -2.44. The molecule has 150 valence electrons. The molecule has 2 aromatic carbocycles. The van der Waals surface area contributed by atoms with Crippen LogP contribution in [-0.2, 0) is 9.59 Å². The Morgan fingerprint density at radius 2 is 1.76 bits per heavy atom. The van der Waals surface area contributed by atoms with E-state index in [9.17, 15) is 9.59 Å². The lowest BCUT2D eigenvalue weighted by Gasteiger charge is -2.43. The number of amides is 1. The van der Waals surface area contributed by atoms with Gasteiger partial charge in [0.1, 0.15) is 0 Å². The SMILES string of the molecule is Cc1ccccc1N1C(=O)CC(c2ccc(Cl)cc2Cl)C2=C1CC(C)(C)CC2=O. The second-order valence-corrected chi connectivity index (χ2v) is 9.58. The molecule has 2 aromatic rings. The second-order valence-electron chi connectivity index (χ2n) is 8.74. The summed E-state index contributed by atoms with van der Waals surface area (Å²) in [6, 6.07) is 13.1. The third-order valence-corrected chi connectivity index (χ3v) is 6.40. The van der Waals surface area contributed by atoms with Gasteiger partial charge in [-0.2, -0.15) is 0 Å². The average Bonchev–Trinajstić information content (AvgIpc) is 2.61. The van der Waals surface area contributed by atoms with Gasteiger partial charge in [-0.1, -0.05) is 61.3 Å². The van der Waals surface area contributed by atoms with Crippen LogP contribution < -0.4 is 4.90 Å². The van der Waals surface area contributed by atoms with Crippen molar-refractivity contribution in [1.82, 2.24) is 0 Å². The predicted octanol–water partition coefficient (Wildman–Crippen LogP) is 6.47. The second kappa shape index (κ2) is 7.30. The number of Topliss-reactive ketones (excluding diaryl/α,β-unsaturated/α-hetero) is 1. The molecular weight excluding hydrogens is 405 g/mol. The Balaban J connectivity index is 1.94. The van der Waals surface area contributed by atoms with Gasteiger partial charge in [0.15, 0.2) is 5.78 Å². The van der Waals surface area contributed by atoms with Crippen molar-refractivity contribution >= 4 is 40.6 Å². The van der Waals surface area contributed by atoms with Gasteiger partial charge in [-0.05, 0) is 48.1 Å². The zero-order valence-electron chi connectivity index (χ0n) is 16.8. The fourth-order valence-corrected chi connectivity index (χ4v) is 5.10. The van der Waals surface area contributed by atoms with E-state index in [1.807, 2.05) is 37.3 Å². The number of nitrogens with zero attached hydrogens (tertiary/aromatic N) is 1. The number of hydrogen-bond donors (Lipinski definition) is 0. The number of hydrogen-bond acceptors (Lipinski definition) is 2. The normalized spacial score (nSPS) is 21.4. The van der Waals surface area contributed by atoms with Crippen LogP contribution >= 0.6 is 23.2 Å². The number of halogens is 2. The fraction of sp³-hybridized carbons (Fsp3) is 0.333. The molecule has 2 aliphatic rings. The van der Waals surface area contributed by atoms with Gasteiger partial charge in [0.2, 0.25) is 5.91 Å². The molecule has 0 bridgehead atoms. The van der Waals surface area contributed by atoms with Crippen molar-refractivity contribution in [3.05, 3.63) is 74.9 Å². The van der Waals surface area contributed by atoms with Crippen molar-refractivity contribution in [2.75, 3.05) is 4.90 Å². The summed E-state index contributed by atoms with van der Waals surface area (Å²) in [5.74, 6) is -0.260. The molecule has 3 nitrogen and oxygen atoms in total. The maximum Gasteiger partial charge on any atom is 0.232 e. The van der Waals surface area contributed by atoms with Crippen LogP contribution in [0.4, 0.5) is 5.69 Å². The van der Waals surface area contributed by atoms with Gasteiger partial charge in [0, 0.05) is 40.1 Å². The molecule has 0 N–H and O–H groups in total. The molecule has 0 fully saturated rings. The largest absolute Gasteiger partial charge is 0.294 e. The van der Waals surface area contributed by atoms with Gasteiger partial charge in [-0.25, -0.2) is 0 Å². The molecule has 0 saturated carbocycles. The van der Waals surface area contributed by atoms with E-state index in [-0.39, 0.29) is 29.4 Å². The Morgan fingerprint density at radius 1 is 1.03 bits per heavy atom. The molecule has 1 unspecified atom stereocenters. The average molecular weight is 428 g/mol. The minimum absolute atomic E-state index is 0.0143. The number of carbonyl (C=O) groups excluding carboxylic acids is 2. The summed E-state index contributed by atoms with van der Waals surface area (Å²) in [7, 11) is 0. The summed E-state index contributed by atoms with van der Waals surface area (Å²) in [6.45, 7) is 6.14. The molecule has 0 aromatic heterocycles. The molecule has 1 atom stereocenters. The number of benzene rings is 2. The van der Waals surface area contributed by atoms with E-state index in [1.165, 1.54) is 0 Å². The van der Waals surface area contributed by atoms with E-state index in [2.05, 4.69) is 13.8 Å². The van der Waals surface area contributed by atoms with Gasteiger partial charge in [-0.3, -0.25) is 14.5 Å². The van der Waals surface area contributed by atoms with Crippen LogP contribution in [0.2, 0.25) is 10.0 Å². The van der Waals surface area contributed by atoms with Crippen molar-refractivity contribution in [3.63, 3.8) is 0 Å². The van der Waals surface area contributed by atoms with E-state index in [1.54, 1.807) is 17.0 Å². The minimum Gasteiger partial charge on any atom is -0.294 e. The number of aryl methyl sites for hydroxylation is 1. The molecule has 0 spiro atoms. The maximum atomic E-state index is 13.4. The van der Waals surface area contributed by atoms with Crippen LogP contribution in [0.15, 0.2) is 53.7 Å². The summed E-state index contributed by atoms with van der Waals surface area (Å²) >= 11 is 12.6. The van der Waals surface area contributed by atoms with Gasteiger partial charge in [-0.15, -0.1) is 0 Å². The molecule has 29 heavy (non-hydrogen) atoms. The van der Waals surface area contributed by atoms with E-state index >= 15 is 0 Å². The summed E-state index contributed by atoms with van der Waals surface area (Å²) in [4.78, 5) is 28.5. The van der Waals surface area contributed by atoms with Crippen LogP contribution in [0.3, 0.4) is 0 Å². The van der Waals surface area contributed by atoms with E-state index in [4.69, 9.17) is 23.2 Å². The molecule has 4 rings (SSSR count). The number of para-hydroxylation sites is 1. The van der Waals surface area contributed by atoms with Gasteiger partial charge in [0.05, 0.1) is 5.69 Å². The van der Waals surface area contributed by atoms with Crippen LogP contribution in [0.5, 0.6) is 0 Å². The third-order valence-electron chi connectivity index (χ3n) is 5.84. The lowest BCUT2D eigenvalue weighted by molar-refractivity contribution is -0.121. The highest BCUT2D eigenvalue weighted by Gasteiger charge is 2.44. The number of rotatable bonds is 2. The smallest absolute Gasteiger partial charge is 0.232 e. The molecule has 1 amide bonds. The Hall–Kier alpha value is -2.10. The first kappa shape index (κ1) is 20.2. The first-order valence-corrected chi connectivity index (χ1v) is 10.5. The number of allylic oxidation sites excluding steroid dienone is 2.